The average Bonchev–Trinajstić information content (AvgIpc) is 2.64. The van der Waals surface area contributed by atoms with E-state index < -0.39 is 0 Å². The molecule has 1 aliphatic rings. The van der Waals surface area contributed by atoms with Crippen LogP contribution in [0.4, 0.5) is 0 Å². The quantitative estimate of drug-likeness (QED) is 0.830. The minimum absolute atomic E-state index is 0.0621. The van der Waals surface area contributed by atoms with E-state index in [0.29, 0.717) is 17.7 Å². The molecule has 0 aromatic heterocycles. The lowest BCUT2D eigenvalue weighted by Gasteiger charge is -2.09. The van der Waals surface area contributed by atoms with Crippen LogP contribution in [0.5, 0.6) is 5.75 Å². The number of carbonyl (C=O) groups is 1. The zero-order valence-corrected chi connectivity index (χ0v) is 10.7. The molecule has 2 rings (SSSR count). The summed E-state index contributed by atoms with van der Waals surface area (Å²) < 4.78 is 5.21. The van der Waals surface area contributed by atoms with Crippen LogP contribution in [0.3, 0.4) is 0 Å². The maximum Gasteiger partial charge on any atom is 0.172 e. The maximum absolute atomic E-state index is 12.2. The van der Waals surface area contributed by atoms with Crippen LogP contribution in [0.25, 0.3) is 5.57 Å². The predicted octanol–water partition coefficient (Wildman–Crippen LogP) is 2.45. The summed E-state index contributed by atoms with van der Waals surface area (Å²) in [6.07, 6.45) is 2.24. The first kappa shape index (κ1) is 12.4. The average molecular weight is 243 g/mol. The van der Waals surface area contributed by atoms with Crippen molar-refractivity contribution in [3.63, 3.8) is 0 Å². The number of hydrogen-bond donors (Lipinski definition) is 1. The molecule has 94 valence electrons. The summed E-state index contributed by atoms with van der Waals surface area (Å²) in [5.41, 5.74) is 9.10. The maximum atomic E-state index is 12.2. The van der Waals surface area contributed by atoms with E-state index in [1.807, 2.05) is 25.1 Å². The van der Waals surface area contributed by atoms with E-state index in [9.17, 15) is 4.79 Å². The Labute approximate surface area is 107 Å². The number of hydrogen-bond acceptors (Lipinski definition) is 3. The van der Waals surface area contributed by atoms with E-state index >= 15 is 0 Å². The number of ketones is 1. The molecule has 0 bridgehead atoms. The molecule has 3 nitrogen and oxygen atoms in total. The Bertz CT molecular complexity index is 543. The van der Waals surface area contributed by atoms with Gasteiger partial charge in [0.2, 0.25) is 0 Å². The zero-order chi connectivity index (χ0) is 13.3. The second-order valence-electron chi connectivity index (χ2n) is 4.50. The van der Waals surface area contributed by atoms with Crippen molar-refractivity contribution < 1.29 is 9.53 Å². The molecule has 0 amide bonds. The van der Waals surface area contributed by atoms with Gasteiger partial charge in [-0.05, 0) is 30.2 Å². The summed E-state index contributed by atoms with van der Waals surface area (Å²) in [4.78, 5) is 12.2. The first-order chi connectivity index (χ1) is 8.58. The van der Waals surface area contributed by atoms with E-state index in [1.165, 1.54) is 0 Å². The number of rotatable bonds is 3. The summed E-state index contributed by atoms with van der Waals surface area (Å²) in [6.45, 7) is 5.63. The molecule has 0 fully saturated rings. The third kappa shape index (κ3) is 1.92. The lowest BCUT2D eigenvalue weighted by Crippen LogP contribution is -2.06. The molecule has 1 unspecified atom stereocenters. The molecule has 1 atom stereocenters. The Morgan fingerprint density at radius 2 is 2.22 bits per heavy atom. The van der Waals surface area contributed by atoms with Gasteiger partial charge in [-0.15, -0.1) is 6.58 Å². The smallest absolute Gasteiger partial charge is 0.172 e. The molecule has 1 aliphatic carbocycles. The molecule has 0 heterocycles. The van der Waals surface area contributed by atoms with Crippen molar-refractivity contribution in [2.75, 3.05) is 7.11 Å². The molecular formula is C15H17NO2. The number of ether oxygens (including phenoxy) is 1. The van der Waals surface area contributed by atoms with Crippen LogP contribution in [0.2, 0.25) is 0 Å². The fraction of sp³-hybridized carbons (Fsp3) is 0.267. The Balaban J connectivity index is 2.43. The van der Waals surface area contributed by atoms with Crippen LogP contribution >= 0.6 is 0 Å². The van der Waals surface area contributed by atoms with Crippen molar-refractivity contribution >= 4 is 11.4 Å². The number of nitrogens with two attached hydrogens (primary N) is 1. The highest BCUT2D eigenvalue weighted by molar-refractivity contribution is 6.25. The summed E-state index contributed by atoms with van der Waals surface area (Å²) in [5, 5.41) is 0. The standard InChI is InChI=1S/C15H17NO2/c1-4-10-8-12(16)14(15(10)17)11-5-6-13(18-3)9(2)7-11/h4-7,10H,1,8,16H2,2-3H3. The minimum Gasteiger partial charge on any atom is -0.496 e. The zero-order valence-electron chi connectivity index (χ0n) is 10.7. The summed E-state index contributed by atoms with van der Waals surface area (Å²) in [6, 6.07) is 5.67. The third-order valence-corrected chi connectivity index (χ3v) is 3.31. The fourth-order valence-corrected chi connectivity index (χ4v) is 2.33. The molecule has 0 aliphatic heterocycles. The second-order valence-corrected chi connectivity index (χ2v) is 4.50. The van der Waals surface area contributed by atoms with Crippen molar-refractivity contribution in [2.45, 2.75) is 13.3 Å². The van der Waals surface area contributed by atoms with Crippen molar-refractivity contribution in [1.82, 2.24) is 0 Å². The highest BCUT2D eigenvalue weighted by Crippen LogP contribution is 2.34. The SMILES string of the molecule is C=CC1CC(N)=C(c2ccc(OC)c(C)c2)C1=O. The molecule has 0 saturated carbocycles. The minimum atomic E-state index is -0.178. The topological polar surface area (TPSA) is 52.3 Å². The second kappa shape index (κ2) is 4.69. The van der Waals surface area contributed by atoms with Crippen LogP contribution in [-0.2, 0) is 4.79 Å². The van der Waals surface area contributed by atoms with Gasteiger partial charge in [-0.1, -0.05) is 12.1 Å². The van der Waals surface area contributed by atoms with Gasteiger partial charge >= 0.3 is 0 Å². The first-order valence-corrected chi connectivity index (χ1v) is 5.89. The normalized spacial score (nSPS) is 19.2. The van der Waals surface area contributed by atoms with Gasteiger partial charge in [-0.3, -0.25) is 4.79 Å². The van der Waals surface area contributed by atoms with Gasteiger partial charge in [0.05, 0.1) is 7.11 Å². The van der Waals surface area contributed by atoms with E-state index in [2.05, 4.69) is 6.58 Å². The van der Waals surface area contributed by atoms with E-state index in [-0.39, 0.29) is 11.7 Å². The highest BCUT2D eigenvalue weighted by atomic mass is 16.5. The van der Waals surface area contributed by atoms with Gasteiger partial charge in [-0.25, -0.2) is 0 Å². The van der Waals surface area contributed by atoms with Gasteiger partial charge in [0, 0.05) is 23.6 Å². The third-order valence-electron chi connectivity index (χ3n) is 3.31. The predicted molar refractivity (Wildman–Crippen MR) is 72.1 cm³/mol. The first-order valence-electron chi connectivity index (χ1n) is 5.89. The monoisotopic (exact) mass is 243 g/mol. The van der Waals surface area contributed by atoms with Crippen molar-refractivity contribution in [3.8, 4) is 5.75 Å². The van der Waals surface area contributed by atoms with Crippen molar-refractivity contribution in [1.29, 1.82) is 0 Å². The fourth-order valence-electron chi connectivity index (χ4n) is 2.33. The molecule has 1 aromatic rings. The van der Waals surface area contributed by atoms with Crippen LogP contribution in [0, 0.1) is 12.8 Å². The number of benzene rings is 1. The molecule has 3 heteroatoms. The highest BCUT2D eigenvalue weighted by Gasteiger charge is 2.30. The summed E-state index contributed by atoms with van der Waals surface area (Å²) in [5.74, 6) is 0.693. The molecule has 1 aromatic carbocycles. The molecule has 0 spiro atoms. The Kier molecular flexibility index (Phi) is 3.24. The number of methoxy groups -OCH3 is 1. The van der Waals surface area contributed by atoms with Gasteiger partial charge in [0.25, 0.3) is 0 Å². The summed E-state index contributed by atoms with van der Waals surface area (Å²) >= 11 is 0. The van der Waals surface area contributed by atoms with Crippen LogP contribution in [0.15, 0.2) is 36.6 Å². The number of aryl methyl sites for hydroxylation is 1. The van der Waals surface area contributed by atoms with E-state index in [1.54, 1.807) is 13.2 Å². The van der Waals surface area contributed by atoms with Crippen LogP contribution < -0.4 is 10.5 Å². The molecule has 2 N–H and O–H groups in total. The molecule has 0 radical (unpaired) electrons. The van der Waals surface area contributed by atoms with Crippen LogP contribution in [-0.4, -0.2) is 12.9 Å². The van der Waals surface area contributed by atoms with E-state index in [4.69, 9.17) is 10.5 Å². The number of Topliss-reactive ketones (excluding diaryl/α,β-unsaturated/α-hetero) is 1. The Morgan fingerprint density at radius 3 is 2.72 bits per heavy atom. The van der Waals surface area contributed by atoms with Gasteiger partial charge in [-0.2, -0.15) is 0 Å². The van der Waals surface area contributed by atoms with Gasteiger partial charge < -0.3 is 10.5 Å². The molecular weight excluding hydrogens is 226 g/mol. The Morgan fingerprint density at radius 1 is 1.50 bits per heavy atom. The van der Waals surface area contributed by atoms with E-state index in [0.717, 1.165) is 16.9 Å². The van der Waals surface area contributed by atoms with Gasteiger partial charge in [0.1, 0.15) is 5.75 Å². The molecule has 0 saturated heterocycles. The number of carbonyl (C=O) groups excluding carboxylic acids is 1. The summed E-state index contributed by atoms with van der Waals surface area (Å²) in [7, 11) is 1.63. The largest absolute Gasteiger partial charge is 0.496 e. The van der Waals surface area contributed by atoms with Crippen LogP contribution in [0.1, 0.15) is 17.5 Å². The van der Waals surface area contributed by atoms with Crippen molar-refractivity contribution in [2.24, 2.45) is 11.7 Å². The molecule has 18 heavy (non-hydrogen) atoms. The number of allylic oxidation sites excluding steroid dienone is 3. The lowest BCUT2D eigenvalue weighted by atomic mass is 9.98. The van der Waals surface area contributed by atoms with Gasteiger partial charge in [0.15, 0.2) is 5.78 Å². The van der Waals surface area contributed by atoms with Crippen molar-refractivity contribution in [3.05, 3.63) is 47.7 Å². The Hall–Kier alpha value is -2.03. The lowest BCUT2D eigenvalue weighted by molar-refractivity contribution is -0.115.